The summed E-state index contributed by atoms with van der Waals surface area (Å²) < 4.78 is 20.0. The summed E-state index contributed by atoms with van der Waals surface area (Å²) >= 11 is 1.51. The summed E-state index contributed by atoms with van der Waals surface area (Å²) in [5.41, 5.74) is 1.24. The van der Waals surface area contributed by atoms with Crippen LogP contribution in [-0.2, 0) is 9.53 Å². The lowest BCUT2D eigenvalue weighted by atomic mass is 9.81. The van der Waals surface area contributed by atoms with E-state index >= 15 is 0 Å². The number of carbonyl (C=O) groups is 1. The molecule has 1 saturated heterocycles. The molecule has 0 amide bonds. The Balaban J connectivity index is 1.42. The van der Waals surface area contributed by atoms with Crippen LogP contribution in [0.3, 0.4) is 0 Å². The smallest absolute Gasteiger partial charge is 0.313 e. The number of imidazole rings is 1. The minimum atomic E-state index is -0.387. The molecule has 1 saturated carbocycles. The summed E-state index contributed by atoms with van der Waals surface area (Å²) in [6.45, 7) is 1.49. The van der Waals surface area contributed by atoms with E-state index < -0.39 is 0 Å². The molecule has 2 unspecified atom stereocenters. The molecule has 3 heterocycles. The molecule has 0 bridgehead atoms. The van der Waals surface area contributed by atoms with Crippen molar-refractivity contribution in [1.29, 1.82) is 0 Å². The first-order valence-corrected chi connectivity index (χ1v) is 9.86. The minimum absolute atomic E-state index is 0.0903. The highest BCUT2D eigenvalue weighted by atomic mass is 32.1. The van der Waals surface area contributed by atoms with Crippen molar-refractivity contribution in [3.8, 4) is 11.3 Å². The third-order valence-corrected chi connectivity index (χ3v) is 6.89. The van der Waals surface area contributed by atoms with Crippen molar-refractivity contribution in [2.45, 2.75) is 19.3 Å². The second kappa shape index (κ2) is 6.02. The molecule has 0 N–H and O–H groups in total. The number of ether oxygens (including phenoxy) is 1. The van der Waals surface area contributed by atoms with E-state index in [0.717, 1.165) is 47.2 Å². The molecule has 1 aliphatic carbocycles. The summed E-state index contributed by atoms with van der Waals surface area (Å²) in [6, 6.07) is 6.28. The van der Waals surface area contributed by atoms with Crippen LogP contribution in [-0.4, -0.2) is 40.8 Å². The Labute approximate surface area is 159 Å². The fourth-order valence-electron chi connectivity index (χ4n) is 4.55. The lowest BCUT2D eigenvalue weighted by Gasteiger charge is -2.25. The fraction of sp³-hybridized carbons (Fsp3) is 0.421. The van der Waals surface area contributed by atoms with Crippen LogP contribution in [0, 0.1) is 17.2 Å². The average Bonchev–Trinajstić information content (AvgIpc) is 3.38. The van der Waals surface area contributed by atoms with Gasteiger partial charge >= 0.3 is 5.97 Å². The molecule has 2 atom stereocenters. The molecule has 2 aliphatic rings. The van der Waals surface area contributed by atoms with Gasteiger partial charge in [-0.25, -0.2) is 13.9 Å². The number of esters is 1. The van der Waals surface area contributed by atoms with Crippen LogP contribution in [0.15, 0.2) is 30.5 Å². The van der Waals surface area contributed by atoms with Crippen molar-refractivity contribution in [1.82, 2.24) is 14.6 Å². The number of aromatic nitrogens is 3. The molecular weight excluding hydrogens is 367 g/mol. The first kappa shape index (κ1) is 16.7. The predicted molar refractivity (Wildman–Crippen MR) is 100 cm³/mol. The second-order valence-corrected chi connectivity index (χ2v) is 8.30. The van der Waals surface area contributed by atoms with Crippen LogP contribution in [0.2, 0.25) is 0 Å². The second-order valence-electron chi connectivity index (χ2n) is 7.36. The topological polar surface area (TPSA) is 59.7 Å². The Kier molecular flexibility index (Phi) is 3.72. The van der Waals surface area contributed by atoms with Gasteiger partial charge in [-0.05, 0) is 43.0 Å². The molecule has 3 aromatic rings. The monoisotopic (exact) mass is 386 g/mol. The van der Waals surface area contributed by atoms with Crippen LogP contribution >= 0.6 is 11.3 Å². The summed E-state index contributed by atoms with van der Waals surface area (Å²) in [6.07, 6.45) is 4.88. The maximum atomic E-state index is 13.1. The lowest BCUT2D eigenvalue weighted by Crippen LogP contribution is -2.36. The van der Waals surface area contributed by atoms with Gasteiger partial charge in [0.25, 0.3) is 0 Å². The van der Waals surface area contributed by atoms with Crippen LogP contribution < -0.4 is 4.90 Å². The molecule has 8 heteroatoms. The van der Waals surface area contributed by atoms with Gasteiger partial charge in [0.2, 0.25) is 10.1 Å². The van der Waals surface area contributed by atoms with Gasteiger partial charge < -0.3 is 9.64 Å². The first-order valence-electron chi connectivity index (χ1n) is 9.04. The van der Waals surface area contributed by atoms with Crippen molar-refractivity contribution >= 4 is 27.4 Å². The van der Waals surface area contributed by atoms with E-state index in [1.165, 1.54) is 30.6 Å². The van der Waals surface area contributed by atoms with E-state index in [4.69, 9.17) is 4.74 Å². The van der Waals surface area contributed by atoms with Crippen molar-refractivity contribution < 1.29 is 13.9 Å². The van der Waals surface area contributed by atoms with Gasteiger partial charge in [0, 0.05) is 18.7 Å². The van der Waals surface area contributed by atoms with Gasteiger partial charge in [0.05, 0.1) is 24.4 Å². The van der Waals surface area contributed by atoms with E-state index in [9.17, 15) is 9.18 Å². The van der Waals surface area contributed by atoms with Crippen LogP contribution in [0.25, 0.3) is 16.2 Å². The SMILES string of the molecule is COC(=O)C12CCCC1CN(c1nn3cc(-c4ccc(F)cc4)nc3s1)C2. The predicted octanol–water partition coefficient (Wildman–Crippen LogP) is 3.38. The van der Waals surface area contributed by atoms with E-state index in [1.807, 2.05) is 6.20 Å². The van der Waals surface area contributed by atoms with Gasteiger partial charge in [0.15, 0.2) is 0 Å². The number of nitrogens with zero attached hydrogens (tertiary/aromatic N) is 4. The summed E-state index contributed by atoms with van der Waals surface area (Å²) in [4.78, 5) is 20.0. The van der Waals surface area contributed by atoms with E-state index in [-0.39, 0.29) is 17.2 Å². The molecule has 0 radical (unpaired) electrons. The van der Waals surface area contributed by atoms with Crippen LogP contribution in [0.1, 0.15) is 19.3 Å². The Bertz CT molecular complexity index is 983. The summed E-state index contributed by atoms with van der Waals surface area (Å²) in [5, 5.41) is 5.55. The van der Waals surface area contributed by atoms with Gasteiger partial charge in [-0.3, -0.25) is 4.79 Å². The van der Waals surface area contributed by atoms with E-state index in [1.54, 1.807) is 16.6 Å². The average molecular weight is 386 g/mol. The zero-order valence-electron chi connectivity index (χ0n) is 14.9. The Morgan fingerprint density at radius 2 is 2.19 bits per heavy atom. The number of carbonyl (C=O) groups excluding carboxylic acids is 1. The number of halogens is 1. The first-order chi connectivity index (χ1) is 13.1. The highest BCUT2D eigenvalue weighted by Gasteiger charge is 2.56. The molecule has 1 aromatic carbocycles. The van der Waals surface area contributed by atoms with Crippen molar-refractivity contribution in [2.24, 2.45) is 11.3 Å². The largest absolute Gasteiger partial charge is 0.469 e. The zero-order chi connectivity index (χ0) is 18.6. The molecule has 2 fully saturated rings. The van der Waals surface area contributed by atoms with E-state index in [0.29, 0.717) is 12.5 Å². The van der Waals surface area contributed by atoms with E-state index in [2.05, 4.69) is 15.0 Å². The molecule has 27 heavy (non-hydrogen) atoms. The molecule has 6 nitrogen and oxygen atoms in total. The minimum Gasteiger partial charge on any atom is -0.469 e. The standard InChI is InChI=1S/C19H19FN4O2S/c1-26-16(25)19-8-2-3-13(19)9-23(11-19)18-22-24-10-15(21-17(24)27-18)12-4-6-14(20)7-5-12/h4-7,10,13H,2-3,8-9,11H2,1H3. The third-order valence-electron chi connectivity index (χ3n) is 5.91. The number of methoxy groups -OCH3 is 1. The summed E-state index contributed by atoms with van der Waals surface area (Å²) in [5.74, 6) is -0.0253. The van der Waals surface area contributed by atoms with Gasteiger partial charge in [-0.15, -0.1) is 5.10 Å². The number of hydrogen-bond donors (Lipinski definition) is 0. The van der Waals surface area contributed by atoms with Crippen molar-refractivity contribution in [2.75, 3.05) is 25.1 Å². The molecule has 1 aliphatic heterocycles. The summed E-state index contributed by atoms with van der Waals surface area (Å²) in [7, 11) is 1.48. The van der Waals surface area contributed by atoms with Crippen molar-refractivity contribution in [3.63, 3.8) is 0 Å². The van der Waals surface area contributed by atoms with Gasteiger partial charge in [-0.2, -0.15) is 0 Å². The molecule has 140 valence electrons. The van der Waals surface area contributed by atoms with Gasteiger partial charge in [0.1, 0.15) is 5.82 Å². The number of anilines is 1. The highest BCUT2D eigenvalue weighted by Crippen LogP contribution is 2.50. The number of rotatable bonds is 3. The molecular formula is C19H19FN4O2S. The number of fused-ring (bicyclic) bond motifs is 2. The Morgan fingerprint density at radius 1 is 1.37 bits per heavy atom. The van der Waals surface area contributed by atoms with Crippen LogP contribution in [0.5, 0.6) is 0 Å². The van der Waals surface area contributed by atoms with Crippen LogP contribution in [0.4, 0.5) is 9.52 Å². The lowest BCUT2D eigenvalue weighted by molar-refractivity contribution is -0.152. The zero-order valence-corrected chi connectivity index (χ0v) is 15.7. The normalized spacial score (nSPS) is 24.5. The number of hydrogen-bond acceptors (Lipinski definition) is 6. The molecule has 5 rings (SSSR count). The fourth-order valence-corrected chi connectivity index (χ4v) is 5.44. The highest BCUT2D eigenvalue weighted by molar-refractivity contribution is 7.20. The van der Waals surface area contributed by atoms with Crippen molar-refractivity contribution in [3.05, 3.63) is 36.3 Å². The van der Waals surface area contributed by atoms with Gasteiger partial charge in [-0.1, -0.05) is 17.8 Å². The number of benzene rings is 1. The Morgan fingerprint density at radius 3 is 2.93 bits per heavy atom. The maximum Gasteiger partial charge on any atom is 0.313 e. The third kappa shape index (κ3) is 2.54. The maximum absolute atomic E-state index is 13.1. The molecule has 0 spiro atoms. The molecule has 2 aromatic heterocycles. The Hall–Kier alpha value is -2.48. The quantitative estimate of drug-likeness (QED) is 0.646.